The Morgan fingerprint density at radius 2 is 1.71 bits per heavy atom. The first kappa shape index (κ1) is 30.2. The van der Waals surface area contributed by atoms with Crippen molar-refractivity contribution in [2.75, 3.05) is 12.4 Å². The van der Waals surface area contributed by atoms with Gasteiger partial charge in [0.1, 0.15) is 11.6 Å². The number of carbonyl (C=O) groups excluding carboxylic acids is 2. The third kappa shape index (κ3) is 7.65. The number of halogens is 1. The number of hydrazone groups is 1. The van der Waals surface area contributed by atoms with Gasteiger partial charge in [0.2, 0.25) is 0 Å². The van der Waals surface area contributed by atoms with E-state index in [1.54, 1.807) is 35.6 Å². The SMILES string of the molecule is O=C(COc1ccccc1)NCc1nnc(SCC(=O)N2N=C(c3cccs3)C[C@@H]2c2ccc(F)cc2)n1Cc1ccccc1. The normalized spacial score (nSPS) is 14.3. The number of hydrogen-bond donors (Lipinski definition) is 1. The molecule has 0 fully saturated rings. The van der Waals surface area contributed by atoms with Crippen molar-refractivity contribution in [2.45, 2.75) is 30.7 Å². The van der Waals surface area contributed by atoms with Gasteiger partial charge in [-0.2, -0.15) is 5.10 Å². The minimum atomic E-state index is -0.345. The van der Waals surface area contributed by atoms with Gasteiger partial charge >= 0.3 is 0 Å². The van der Waals surface area contributed by atoms with Gasteiger partial charge in [-0.05, 0) is 46.8 Å². The molecule has 1 aliphatic rings. The van der Waals surface area contributed by atoms with Crippen LogP contribution in [0.15, 0.2) is 113 Å². The van der Waals surface area contributed by atoms with E-state index in [0.717, 1.165) is 21.7 Å². The predicted molar refractivity (Wildman–Crippen MR) is 172 cm³/mol. The number of rotatable bonds is 12. The summed E-state index contributed by atoms with van der Waals surface area (Å²) in [5.74, 6) is 0.377. The summed E-state index contributed by atoms with van der Waals surface area (Å²) in [5.41, 5.74) is 2.65. The van der Waals surface area contributed by atoms with Crippen molar-refractivity contribution in [1.82, 2.24) is 25.1 Å². The molecule has 228 valence electrons. The van der Waals surface area contributed by atoms with E-state index in [0.29, 0.717) is 29.7 Å². The highest BCUT2D eigenvalue weighted by Gasteiger charge is 2.33. The highest BCUT2D eigenvalue weighted by atomic mass is 32.2. The zero-order valence-electron chi connectivity index (χ0n) is 24.1. The summed E-state index contributed by atoms with van der Waals surface area (Å²) in [6.45, 7) is 0.462. The van der Waals surface area contributed by atoms with E-state index in [1.165, 1.54) is 28.9 Å². The molecule has 5 aromatic rings. The molecular weight excluding hydrogens is 612 g/mol. The van der Waals surface area contributed by atoms with Gasteiger partial charge in [-0.15, -0.1) is 21.5 Å². The molecule has 1 atom stereocenters. The number of para-hydroxylation sites is 1. The summed E-state index contributed by atoms with van der Waals surface area (Å²) in [6.07, 6.45) is 0.532. The van der Waals surface area contributed by atoms with Crippen LogP contribution in [-0.2, 0) is 22.7 Å². The van der Waals surface area contributed by atoms with Crippen LogP contribution in [0.4, 0.5) is 4.39 Å². The molecule has 12 heteroatoms. The molecule has 0 radical (unpaired) electrons. The number of thioether (sulfide) groups is 1. The van der Waals surface area contributed by atoms with E-state index in [1.807, 2.05) is 70.6 Å². The summed E-state index contributed by atoms with van der Waals surface area (Å²) >= 11 is 2.82. The van der Waals surface area contributed by atoms with Crippen LogP contribution in [0.1, 0.15) is 34.3 Å². The first-order valence-electron chi connectivity index (χ1n) is 14.3. The lowest BCUT2D eigenvalue weighted by molar-refractivity contribution is -0.130. The number of ether oxygens (including phenoxy) is 1. The fourth-order valence-electron chi connectivity index (χ4n) is 4.84. The Morgan fingerprint density at radius 1 is 0.956 bits per heavy atom. The first-order valence-corrected chi connectivity index (χ1v) is 16.1. The molecule has 6 rings (SSSR count). The van der Waals surface area contributed by atoms with Crippen molar-refractivity contribution in [2.24, 2.45) is 5.10 Å². The number of benzene rings is 3. The van der Waals surface area contributed by atoms with E-state index in [4.69, 9.17) is 9.84 Å². The topological polar surface area (TPSA) is 102 Å². The second-order valence-corrected chi connectivity index (χ2v) is 12.1. The van der Waals surface area contributed by atoms with E-state index >= 15 is 0 Å². The quantitative estimate of drug-likeness (QED) is 0.176. The zero-order chi connectivity index (χ0) is 31.0. The van der Waals surface area contributed by atoms with Crippen LogP contribution < -0.4 is 10.1 Å². The van der Waals surface area contributed by atoms with Crippen molar-refractivity contribution < 1.29 is 18.7 Å². The van der Waals surface area contributed by atoms with E-state index < -0.39 is 0 Å². The standard InChI is InChI=1S/C33H29FN6O3S2/c34-25-15-13-24(14-16-25)28-18-27(29-12-7-17-44-29)38-40(28)32(42)22-45-33-37-36-30(39(33)20-23-8-3-1-4-9-23)19-35-31(41)21-43-26-10-5-2-6-11-26/h1-17,28H,18-22H2,(H,35,41)/t28-/m1/s1. The van der Waals surface area contributed by atoms with Crippen molar-refractivity contribution in [3.05, 3.63) is 130 Å². The fourth-order valence-corrected chi connectivity index (χ4v) is 6.37. The molecule has 45 heavy (non-hydrogen) atoms. The second kappa shape index (κ2) is 14.3. The molecule has 0 bridgehead atoms. The smallest absolute Gasteiger partial charge is 0.258 e. The molecule has 0 saturated heterocycles. The van der Waals surface area contributed by atoms with E-state index in [-0.39, 0.29) is 42.6 Å². The van der Waals surface area contributed by atoms with Gasteiger partial charge in [0.05, 0.1) is 35.5 Å². The highest BCUT2D eigenvalue weighted by Crippen LogP contribution is 2.35. The number of aromatic nitrogens is 3. The number of nitrogens with one attached hydrogen (secondary N) is 1. The van der Waals surface area contributed by atoms with Crippen molar-refractivity contribution in [3.63, 3.8) is 0 Å². The van der Waals surface area contributed by atoms with Crippen LogP contribution >= 0.6 is 23.1 Å². The summed E-state index contributed by atoms with van der Waals surface area (Å²) < 4.78 is 21.1. The molecule has 3 aromatic carbocycles. The average molecular weight is 641 g/mol. The third-order valence-corrected chi connectivity index (χ3v) is 8.96. The Bertz CT molecular complexity index is 1760. The lowest BCUT2D eigenvalue weighted by Crippen LogP contribution is -2.30. The Kier molecular flexibility index (Phi) is 9.61. The number of carbonyl (C=O) groups is 2. The summed E-state index contributed by atoms with van der Waals surface area (Å²) in [4.78, 5) is 27.2. The molecule has 3 heterocycles. The number of thiophene rings is 1. The summed E-state index contributed by atoms with van der Waals surface area (Å²) in [5, 5.41) is 20.3. The Labute approximate surface area is 267 Å². The van der Waals surface area contributed by atoms with Crippen LogP contribution in [0.2, 0.25) is 0 Å². The van der Waals surface area contributed by atoms with Crippen LogP contribution in [0.5, 0.6) is 5.75 Å². The molecule has 0 spiro atoms. The van der Waals surface area contributed by atoms with Gasteiger partial charge in [0.15, 0.2) is 17.6 Å². The number of amides is 2. The third-order valence-electron chi connectivity index (χ3n) is 7.08. The van der Waals surface area contributed by atoms with Gasteiger partial charge < -0.3 is 14.6 Å². The van der Waals surface area contributed by atoms with Crippen molar-refractivity contribution in [3.8, 4) is 5.75 Å². The van der Waals surface area contributed by atoms with E-state index in [9.17, 15) is 14.0 Å². The largest absolute Gasteiger partial charge is 0.484 e. The van der Waals surface area contributed by atoms with Crippen LogP contribution in [-0.4, -0.2) is 49.7 Å². The van der Waals surface area contributed by atoms with Gasteiger partial charge in [-0.3, -0.25) is 9.59 Å². The number of nitrogens with zero attached hydrogens (tertiary/aromatic N) is 5. The maximum Gasteiger partial charge on any atom is 0.258 e. The van der Waals surface area contributed by atoms with Crippen LogP contribution in [0, 0.1) is 5.82 Å². The maximum absolute atomic E-state index is 13.7. The minimum absolute atomic E-state index is 0.0586. The lowest BCUT2D eigenvalue weighted by atomic mass is 10.0. The monoisotopic (exact) mass is 640 g/mol. The van der Waals surface area contributed by atoms with Gasteiger partial charge in [-0.1, -0.05) is 78.5 Å². The van der Waals surface area contributed by atoms with Gasteiger partial charge in [0.25, 0.3) is 11.8 Å². The fraction of sp³-hybridized carbons (Fsp3) is 0.182. The van der Waals surface area contributed by atoms with Crippen molar-refractivity contribution >= 4 is 40.6 Å². The minimum Gasteiger partial charge on any atom is -0.484 e. The van der Waals surface area contributed by atoms with Crippen molar-refractivity contribution in [1.29, 1.82) is 0 Å². The molecule has 1 N–H and O–H groups in total. The van der Waals surface area contributed by atoms with Gasteiger partial charge in [0, 0.05) is 6.42 Å². The number of hydrogen-bond acceptors (Lipinski definition) is 8. The molecule has 0 unspecified atom stereocenters. The second-order valence-electron chi connectivity index (χ2n) is 10.2. The Hall–Kier alpha value is -4.81. The molecule has 0 saturated carbocycles. The molecule has 2 amide bonds. The Balaban J connectivity index is 1.16. The van der Waals surface area contributed by atoms with Crippen LogP contribution in [0.3, 0.4) is 0 Å². The maximum atomic E-state index is 13.7. The summed E-state index contributed by atoms with van der Waals surface area (Å²) in [7, 11) is 0. The average Bonchev–Trinajstić information content (AvgIpc) is 3.84. The molecule has 1 aliphatic heterocycles. The summed E-state index contributed by atoms with van der Waals surface area (Å²) in [6, 6.07) is 28.7. The molecule has 0 aliphatic carbocycles. The highest BCUT2D eigenvalue weighted by molar-refractivity contribution is 7.99. The van der Waals surface area contributed by atoms with Gasteiger partial charge in [-0.25, -0.2) is 9.40 Å². The van der Waals surface area contributed by atoms with Crippen LogP contribution in [0.25, 0.3) is 0 Å². The predicted octanol–water partition coefficient (Wildman–Crippen LogP) is 5.69. The first-order chi connectivity index (χ1) is 22.0. The lowest BCUT2D eigenvalue weighted by Gasteiger charge is -2.22. The van der Waals surface area contributed by atoms with E-state index in [2.05, 4.69) is 15.5 Å². The molecular formula is C33H29FN6O3S2. The Morgan fingerprint density at radius 3 is 2.44 bits per heavy atom. The molecule has 9 nitrogen and oxygen atoms in total. The molecule has 2 aromatic heterocycles. The zero-order valence-corrected chi connectivity index (χ0v) is 25.7.